The van der Waals surface area contributed by atoms with Crippen molar-refractivity contribution in [3.8, 4) is 11.4 Å². The fraction of sp³-hybridized carbons (Fsp3) is 0.423. The molecule has 1 N–H and O–H groups in total. The summed E-state index contributed by atoms with van der Waals surface area (Å²) in [5.74, 6) is 2.15. The smallest absolute Gasteiger partial charge is 0.249 e. The zero-order valence-corrected chi connectivity index (χ0v) is 18.5. The van der Waals surface area contributed by atoms with Gasteiger partial charge in [-0.25, -0.2) is 0 Å². The van der Waals surface area contributed by atoms with E-state index >= 15 is 0 Å². The molecule has 6 nitrogen and oxygen atoms in total. The highest BCUT2D eigenvalue weighted by atomic mass is 16.2. The van der Waals surface area contributed by atoms with E-state index in [9.17, 15) is 4.79 Å². The molecule has 2 aromatic carbocycles. The third-order valence-electron chi connectivity index (χ3n) is 6.59. The van der Waals surface area contributed by atoms with Crippen LogP contribution in [-0.2, 0) is 17.8 Å². The van der Waals surface area contributed by atoms with Gasteiger partial charge in [0.15, 0.2) is 5.82 Å². The van der Waals surface area contributed by atoms with Gasteiger partial charge in [0.25, 0.3) is 0 Å². The minimum absolute atomic E-state index is 0.151. The Morgan fingerprint density at radius 3 is 2.47 bits per heavy atom. The van der Waals surface area contributed by atoms with Crippen LogP contribution in [0.25, 0.3) is 11.4 Å². The molecule has 3 heterocycles. The summed E-state index contributed by atoms with van der Waals surface area (Å²) in [5.41, 5.74) is 2.95. The topological polar surface area (TPSA) is 63.1 Å². The number of benzene rings is 2. The maximum atomic E-state index is 13.5. The molecular formula is C26H31N5O. The second kappa shape index (κ2) is 9.55. The van der Waals surface area contributed by atoms with Crippen LogP contribution in [0.4, 0.5) is 5.69 Å². The average Bonchev–Trinajstić information content (AvgIpc) is 3.11. The summed E-state index contributed by atoms with van der Waals surface area (Å²) in [6.45, 7) is 2.65. The number of aromatic nitrogens is 3. The number of hydrogen-bond donors (Lipinski definition) is 1. The van der Waals surface area contributed by atoms with Gasteiger partial charge in [0.05, 0.1) is 0 Å². The minimum Gasteiger partial charge on any atom is -0.370 e. The highest BCUT2D eigenvalue weighted by Gasteiger charge is 2.27. The number of aryl methyl sites for hydroxylation is 1. The van der Waals surface area contributed by atoms with Crippen molar-refractivity contribution in [2.45, 2.75) is 57.5 Å². The minimum atomic E-state index is -0.403. The molecule has 2 aliphatic rings. The molecule has 1 unspecified atom stereocenters. The summed E-state index contributed by atoms with van der Waals surface area (Å²) in [6.07, 6.45) is 7.94. The first kappa shape index (κ1) is 20.7. The summed E-state index contributed by atoms with van der Waals surface area (Å²) in [5, 5.41) is 12.5. The van der Waals surface area contributed by atoms with Crippen molar-refractivity contribution in [1.82, 2.24) is 19.7 Å². The Labute approximate surface area is 189 Å². The van der Waals surface area contributed by atoms with E-state index in [1.165, 1.54) is 19.3 Å². The van der Waals surface area contributed by atoms with Crippen LogP contribution < -0.4 is 5.32 Å². The number of rotatable bonds is 5. The summed E-state index contributed by atoms with van der Waals surface area (Å²) in [6, 6.07) is 17.9. The Morgan fingerprint density at radius 2 is 1.62 bits per heavy atom. The number of carbonyl (C=O) groups excluding carboxylic acids is 1. The van der Waals surface area contributed by atoms with E-state index in [2.05, 4.69) is 32.2 Å². The Hall–Kier alpha value is -3.15. The van der Waals surface area contributed by atoms with E-state index in [1.807, 2.05) is 47.4 Å². The van der Waals surface area contributed by atoms with E-state index in [0.717, 1.165) is 73.8 Å². The number of nitrogens with zero attached hydrogens (tertiary/aromatic N) is 4. The summed E-state index contributed by atoms with van der Waals surface area (Å²) in [7, 11) is 0. The molecule has 0 radical (unpaired) electrons. The molecule has 0 spiro atoms. The lowest BCUT2D eigenvalue weighted by molar-refractivity contribution is -0.133. The van der Waals surface area contributed by atoms with Gasteiger partial charge in [0.2, 0.25) is 5.91 Å². The zero-order chi connectivity index (χ0) is 21.8. The van der Waals surface area contributed by atoms with Crippen LogP contribution >= 0.6 is 0 Å². The van der Waals surface area contributed by atoms with Gasteiger partial charge in [-0.15, -0.1) is 10.2 Å². The molecule has 1 fully saturated rings. The van der Waals surface area contributed by atoms with Crippen molar-refractivity contribution in [2.24, 2.45) is 0 Å². The molecule has 1 atom stereocenters. The number of carbonyl (C=O) groups is 1. The molecule has 0 aliphatic carbocycles. The molecule has 0 saturated carbocycles. The SMILES string of the molecule is O=C(C(Nc1cccc(-c2nnc3n2CCCCC3)c1)c1ccccc1)N1CCCCC1. The quantitative estimate of drug-likeness (QED) is 0.631. The molecular weight excluding hydrogens is 398 g/mol. The number of likely N-dealkylation sites (tertiary alicyclic amines) is 1. The predicted octanol–water partition coefficient (Wildman–Crippen LogP) is 4.84. The molecule has 32 heavy (non-hydrogen) atoms. The highest BCUT2D eigenvalue weighted by molar-refractivity contribution is 5.86. The first-order chi connectivity index (χ1) is 15.8. The van der Waals surface area contributed by atoms with Gasteiger partial charge in [0, 0.05) is 37.3 Å². The highest BCUT2D eigenvalue weighted by Crippen LogP contribution is 2.28. The number of nitrogens with one attached hydrogen (secondary N) is 1. The number of fused-ring (bicyclic) bond motifs is 1. The molecule has 2 aliphatic heterocycles. The maximum Gasteiger partial charge on any atom is 0.249 e. The third-order valence-corrected chi connectivity index (χ3v) is 6.59. The Morgan fingerprint density at radius 1 is 0.844 bits per heavy atom. The van der Waals surface area contributed by atoms with Crippen LogP contribution in [0.1, 0.15) is 56.0 Å². The number of anilines is 1. The van der Waals surface area contributed by atoms with Gasteiger partial charge in [0.1, 0.15) is 11.9 Å². The lowest BCUT2D eigenvalue weighted by Gasteiger charge is -2.31. The molecule has 5 rings (SSSR count). The van der Waals surface area contributed by atoms with Gasteiger partial charge in [-0.3, -0.25) is 4.79 Å². The fourth-order valence-corrected chi connectivity index (χ4v) is 4.84. The summed E-state index contributed by atoms with van der Waals surface area (Å²) in [4.78, 5) is 15.5. The van der Waals surface area contributed by atoms with Crippen molar-refractivity contribution in [1.29, 1.82) is 0 Å². The van der Waals surface area contributed by atoms with E-state index in [4.69, 9.17) is 0 Å². The van der Waals surface area contributed by atoms with Crippen LogP contribution in [-0.4, -0.2) is 38.7 Å². The van der Waals surface area contributed by atoms with Gasteiger partial charge >= 0.3 is 0 Å². The van der Waals surface area contributed by atoms with Crippen LogP contribution in [0.2, 0.25) is 0 Å². The first-order valence-corrected chi connectivity index (χ1v) is 11.9. The van der Waals surface area contributed by atoms with Crippen LogP contribution in [0.3, 0.4) is 0 Å². The van der Waals surface area contributed by atoms with Crippen LogP contribution in [0.5, 0.6) is 0 Å². The van der Waals surface area contributed by atoms with E-state index < -0.39 is 6.04 Å². The van der Waals surface area contributed by atoms with Crippen molar-refractivity contribution in [3.05, 3.63) is 66.0 Å². The molecule has 1 aromatic heterocycles. The van der Waals surface area contributed by atoms with Crippen molar-refractivity contribution >= 4 is 11.6 Å². The number of hydrogen-bond acceptors (Lipinski definition) is 4. The van der Waals surface area contributed by atoms with Gasteiger partial charge < -0.3 is 14.8 Å². The Balaban J connectivity index is 1.43. The summed E-state index contributed by atoms with van der Waals surface area (Å²) < 4.78 is 2.26. The number of piperidine rings is 1. The van der Waals surface area contributed by atoms with E-state index in [1.54, 1.807) is 0 Å². The first-order valence-electron chi connectivity index (χ1n) is 11.9. The van der Waals surface area contributed by atoms with Crippen LogP contribution in [0.15, 0.2) is 54.6 Å². The Bertz CT molecular complexity index is 1060. The predicted molar refractivity (Wildman–Crippen MR) is 126 cm³/mol. The largest absolute Gasteiger partial charge is 0.370 e. The van der Waals surface area contributed by atoms with Crippen LogP contribution in [0, 0.1) is 0 Å². The van der Waals surface area contributed by atoms with Crippen molar-refractivity contribution < 1.29 is 4.79 Å². The molecule has 6 heteroatoms. The van der Waals surface area contributed by atoms with E-state index in [0.29, 0.717) is 0 Å². The van der Waals surface area contributed by atoms with Gasteiger partial charge in [-0.2, -0.15) is 0 Å². The monoisotopic (exact) mass is 429 g/mol. The second-order valence-corrected chi connectivity index (χ2v) is 8.86. The lowest BCUT2D eigenvalue weighted by atomic mass is 10.0. The third kappa shape index (κ3) is 4.40. The molecule has 1 amide bonds. The average molecular weight is 430 g/mol. The molecule has 0 bridgehead atoms. The standard InChI is InChI=1S/C26H31N5O/c32-26(30-16-7-3-8-17-30)24(20-11-4-1-5-12-20)27-22-14-10-13-21(19-22)25-29-28-23-15-6-2-9-18-31(23)25/h1,4-5,10-14,19,24,27H,2-3,6-9,15-18H2. The van der Waals surface area contributed by atoms with Crippen molar-refractivity contribution in [3.63, 3.8) is 0 Å². The van der Waals surface area contributed by atoms with E-state index in [-0.39, 0.29) is 5.91 Å². The molecule has 166 valence electrons. The Kier molecular flexibility index (Phi) is 6.19. The summed E-state index contributed by atoms with van der Waals surface area (Å²) >= 11 is 0. The number of amides is 1. The zero-order valence-electron chi connectivity index (χ0n) is 18.5. The molecule has 1 saturated heterocycles. The van der Waals surface area contributed by atoms with Crippen molar-refractivity contribution in [2.75, 3.05) is 18.4 Å². The maximum absolute atomic E-state index is 13.5. The van der Waals surface area contributed by atoms with Gasteiger partial charge in [-0.1, -0.05) is 48.9 Å². The second-order valence-electron chi connectivity index (χ2n) is 8.86. The lowest BCUT2D eigenvalue weighted by Crippen LogP contribution is -2.41. The normalized spacial score (nSPS) is 17.3. The van der Waals surface area contributed by atoms with Gasteiger partial charge in [-0.05, 0) is 49.8 Å². The molecule has 3 aromatic rings. The fourth-order valence-electron chi connectivity index (χ4n) is 4.84.